The van der Waals surface area contributed by atoms with E-state index in [1.807, 2.05) is 0 Å². The highest BCUT2D eigenvalue weighted by atomic mass is 32.2. The second-order valence-corrected chi connectivity index (χ2v) is 5.80. The van der Waals surface area contributed by atoms with Crippen LogP contribution in [0.4, 0.5) is 0 Å². The SMILES string of the molecule is O=C(COCC1CC1)NC1(C(=O)O)CCSC1. The van der Waals surface area contributed by atoms with Crippen LogP contribution in [0.15, 0.2) is 0 Å². The van der Waals surface area contributed by atoms with Crippen LogP contribution in [0.25, 0.3) is 0 Å². The number of hydrogen-bond acceptors (Lipinski definition) is 4. The van der Waals surface area contributed by atoms with E-state index < -0.39 is 11.5 Å². The number of hydrogen-bond donors (Lipinski definition) is 2. The first-order valence-corrected chi connectivity index (χ1v) is 6.98. The molecule has 17 heavy (non-hydrogen) atoms. The van der Waals surface area contributed by atoms with Gasteiger partial charge in [-0.2, -0.15) is 11.8 Å². The third kappa shape index (κ3) is 3.35. The summed E-state index contributed by atoms with van der Waals surface area (Å²) in [5, 5.41) is 11.8. The van der Waals surface area contributed by atoms with E-state index in [2.05, 4.69) is 5.32 Å². The van der Waals surface area contributed by atoms with E-state index in [-0.39, 0.29) is 12.5 Å². The first kappa shape index (κ1) is 12.7. The Kier molecular flexibility index (Phi) is 3.93. The van der Waals surface area contributed by atoms with Crippen LogP contribution in [0.2, 0.25) is 0 Å². The van der Waals surface area contributed by atoms with Crippen LogP contribution in [0, 0.1) is 5.92 Å². The molecule has 5 nitrogen and oxygen atoms in total. The maximum Gasteiger partial charge on any atom is 0.330 e. The van der Waals surface area contributed by atoms with Gasteiger partial charge in [-0.15, -0.1) is 0 Å². The summed E-state index contributed by atoms with van der Waals surface area (Å²) < 4.78 is 5.24. The highest BCUT2D eigenvalue weighted by Crippen LogP contribution is 2.29. The van der Waals surface area contributed by atoms with Crippen LogP contribution < -0.4 is 5.32 Å². The fraction of sp³-hybridized carbons (Fsp3) is 0.818. The molecule has 1 saturated heterocycles. The van der Waals surface area contributed by atoms with Crippen LogP contribution in [-0.2, 0) is 14.3 Å². The Balaban J connectivity index is 1.76. The normalized spacial score (nSPS) is 28.0. The van der Waals surface area contributed by atoms with Crippen LogP contribution in [0.1, 0.15) is 19.3 Å². The minimum atomic E-state index is -1.08. The van der Waals surface area contributed by atoms with Gasteiger partial charge in [0.1, 0.15) is 12.1 Å². The first-order chi connectivity index (χ1) is 8.12. The molecule has 0 aromatic rings. The Morgan fingerprint density at radius 2 is 2.24 bits per heavy atom. The number of carbonyl (C=O) groups is 2. The third-order valence-electron chi connectivity index (χ3n) is 3.09. The zero-order chi connectivity index (χ0) is 12.3. The zero-order valence-corrected chi connectivity index (χ0v) is 10.4. The molecule has 0 radical (unpaired) electrons. The van der Waals surface area contributed by atoms with Gasteiger partial charge in [0, 0.05) is 5.75 Å². The molecule has 0 bridgehead atoms. The van der Waals surface area contributed by atoms with Crippen molar-refractivity contribution in [3.63, 3.8) is 0 Å². The Hall–Kier alpha value is -0.750. The molecule has 2 aliphatic rings. The zero-order valence-electron chi connectivity index (χ0n) is 9.61. The second kappa shape index (κ2) is 5.27. The second-order valence-electron chi connectivity index (χ2n) is 4.70. The van der Waals surface area contributed by atoms with Gasteiger partial charge in [0.25, 0.3) is 0 Å². The van der Waals surface area contributed by atoms with Crippen LogP contribution in [0.3, 0.4) is 0 Å². The molecule has 1 aliphatic heterocycles. The molecule has 1 aliphatic carbocycles. The highest BCUT2D eigenvalue weighted by Gasteiger charge is 2.43. The van der Waals surface area contributed by atoms with E-state index in [1.165, 1.54) is 12.8 Å². The summed E-state index contributed by atoms with van der Waals surface area (Å²) in [5.74, 6) is 0.554. The third-order valence-corrected chi connectivity index (χ3v) is 4.28. The van der Waals surface area contributed by atoms with Crippen molar-refractivity contribution in [3.05, 3.63) is 0 Å². The maximum absolute atomic E-state index is 11.6. The first-order valence-electron chi connectivity index (χ1n) is 5.82. The lowest BCUT2D eigenvalue weighted by atomic mass is 9.99. The molecule has 2 fully saturated rings. The molecule has 2 N–H and O–H groups in total. The lowest BCUT2D eigenvalue weighted by Crippen LogP contribution is -2.55. The molecule has 2 rings (SSSR count). The Morgan fingerprint density at radius 3 is 2.76 bits per heavy atom. The molecule has 96 valence electrons. The van der Waals surface area contributed by atoms with Crippen molar-refractivity contribution in [2.24, 2.45) is 5.92 Å². The van der Waals surface area contributed by atoms with Crippen molar-refractivity contribution in [2.75, 3.05) is 24.7 Å². The summed E-state index contributed by atoms with van der Waals surface area (Å²) >= 11 is 1.55. The smallest absolute Gasteiger partial charge is 0.330 e. The van der Waals surface area contributed by atoms with Gasteiger partial charge in [-0.1, -0.05) is 0 Å². The number of carboxylic acids is 1. The van der Waals surface area contributed by atoms with E-state index in [4.69, 9.17) is 9.84 Å². The highest BCUT2D eigenvalue weighted by molar-refractivity contribution is 7.99. The predicted octanol–water partition coefficient (Wildman–Crippen LogP) is 0.489. The average Bonchev–Trinajstić information content (AvgIpc) is 2.96. The van der Waals surface area contributed by atoms with Gasteiger partial charge in [0.15, 0.2) is 0 Å². The number of aliphatic carboxylic acids is 1. The molecular formula is C11H17NO4S. The Bertz CT molecular complexity index is 311. The lowest BCUT2D eigenvalue weighted by Gasteiger charge is -2.24. The minimum absolute atomic E-state index is 0.0316. The van der Waals surface area contributed by atoms with Crippen molar-refractivity contribution in [2.45, 2.75) is 24.8 Å². The van der Waals surface area contributed by atoms with Gasteiger partial charge >= 0.3 is 5.97 Å². The summed E-state index contributed by atoms with van der Waals surface area (Å²) in [6.07, 6.45) is 2.84. The Morgan fingerprint density at radius 1 is 1.47 bits per heavy atom. The van der Waals surface area contributed by atoms with Gasteiger partial charge in [-0.3, -0.25) is 4.79 Å². The van der Waals surface area contributed by atoms with E-state index >= 15 is 0 Å². The maximum atomic E-state index is 11.6. The molecule has 0 spiro atoms. The van der Waals surface area contributed by atoms with Crippen molar-refractivity contribution in [1.82, 2.24) is 5.32 Å². The summed E-state index contributed by atoms with van der Waals surface area (Å²) in [7, 11) is 0. The number of carboxylic acid groups (broad SMARTS) is 1. The van der Waals surface area contributed by atoms with Gasteiger partial charge in [0.2, 0.25) is 5.91 Å². The summed E-state index contributed by atoms with van der Waals surface area (Å²) in [4.78, 5) is 22.8. The Labute approximate surface area is 104 Å². The number of rotatable bonds is 6. The summed E-state index contributed by atoms with van der Waals surface area (Å²) in [5.41, 5.74) is -1.08. The summed E-state index contributed by atoms with van der Waals surface area (Å²) in [6.45, 7) is 0.582. The quantitative estimate of drug-likeness (QED) is 0.726. The molecule has 1 amide bonds. The van der Waals surface area contributed by atoms with Crippen LogP contribution >= 0.6 is 11.8 Å². The molecule has 0 aromatic heterocycles. The summed E-state index contributed by atoms with van der Waals surface area (Å²) in [6, 6.07) is 0. The van der Waals surface area contributed by atoms with Crippen LogP contribution in [-0.4, -0.2) is 47.2 Å². The fourth-order valence-corrected chi connectivity index (χ4v) is 3.12. The molecule has 1 atom stereocenters. The lowest BCUT2D eigenvalue weighted by molar-refractivity contribution is -0.147. The van der Waals surface area contributed by atoms with Crippen molar-refractivity contribution < 1.29 is 19.4 Å². The van der Waals surface area contributed by atoms with Crippen molar-refractivity contribution in [1.29, 1.82) is 0 Å². The van der Waals surface area contributed by atoms with Crippen molar-refractivity contribution >= 4 is 23.6 Å². The molecule has 1 unspecified atom stereocenters. The largest absolute Gasteiger partial charge is 0.479 e. The average molecular weight is 259 g/mol. The van der Waals surface area contributed by atoms with Crippen molar-refractivity contribution in [3.8, 4) is 0 Å². The number of amides is 1. The minimum Gasteiger partial charge on any atom is -0.479 e. The van der Waals surface area contributed by atoms with Gasteiger partial charge < -0.3 is 15.2 Å². The van der Waals surface area contributed by atoms with Gasteiger partial charge in [-0.05, 0) is 30.9 Å². The fourth-order valence-electron chi connectivity index (χ4n) is 1.79. The predicted molar refractivity (Wildman–Crippen MR) is 64.0 cm³/mol. The monoisotopic (exact) mass is 259 g/mol. The number of carbonyl (C=O) groups excluding carboxylic acids is 1. The van der Waals surface area contributed by atoms with E-state index in [0.29, 0.717) is 24.7 Å². The van der Waals surface area contributed by atoms with Gasteiger partial charge in [-0.25, -0.2) is 4.79 Å². The van der Waals surface area contributed by atoms with Gasteiger partial charge in [0.05, 0.1) is 6.61 Å². The van der Waals surface area contributed by atoms with E-state index in [9.17, 15) is 9.59 Å². The topological polar surface area (TPSA) is 75.6 Å². The number of nitrogens with one attached hydrogen (secondary N) is 1. The number of ether oxygens (including phenoxy) is 1. The number of thioether (sulfide) groups is 1. The standard InChI is InChI=1S/C11H17NO4S/c13-9(6-16-5-8-1-2-8)12-11(10(14)15)3-4-17-7-11/h8H,1-7H2,(H,12,13)(H,14,15). The van der Waals surface area contributed by atoms with Crippen LogP contribution in [0.5, 0.6) is 0 Å². The molecular weight excluding hydrogens is 242 g/mol. The molecule has 6 heteroatoms. The molecule has 0 aromatic carbocycles. The molecule has 1 saturated carbocycles. The molecule has 1 heterocycles. The van der Waals surface area contributed by atoms with E-state index in [1.54, 1.807) is 11.8 Å². The van der Waals surface area contributed by atoms with E-state index in [0.717, 1.165) is 5.75 Å².